The van der Waals surface area contributed by atoms with Crippen LogP contribution in [-0.2, 0) is 13.0 Å². The summed E-state index contributed by atoms with van der Waals surface area (Å²) in [6.07, 6.45) is 0.843. The molecule has 0 radical (unpaired) electrons. The van der Waals surface area contributed by atoms with E-state index in [1.807, 2.05) is 49.4 Å². The summed E-state index contributed by atoms with van der Waals surface area (Å²) in [5.41, 5.74) is 5.35. The van der Waals surface area contributed by atoms with Gasteiger partial charge in [-0.3, -0.25) is 4.79 Å². The third-order valence-corrected chi connectivity index (χ3v) is 4.54. The van der Waals surface area contributed by atoms with Crippen LogP contribution < -0.4 is 5.32 Å². The topological polar surface area (TPSA) is 34.0 Å². The fraction of sp³-hybridized carbons (Fsp3) is 0.227. The van der Waals surface area contributed by atoms with Gasteiger partial charge in [0.15, 0.2) is 0 Å². The number of nitrogens with zero attached hydrogens (tertiary/aromatic N) is 1. The van der Waals surface area contributed by atoms with Gasteiger partial charge in [0.1, 0.15) is 0 Å². The average molecular weight is 332 g/mol. The molecule has 128 valence electrons. The largest absolute Gasteiger partial charge is 0.352 e. The van der Waals surface area contributed by atoms with Gasteiger partial charge in [-0.2, -0.15) is 0 Å². The minimum absolute atomic E-state index is 0.00310. The molecular weight excluding hydrogens is 308 g/mol. The molecule has 3 aromatic rings. The fourth-order valence-corrected chi connectivity index (χ4v) is 3.10. The third kappa shape index (κ3) is 4.18. The van der Waals surface area contributed by atoms with Crippen molar-refractivity contribution in [2.75, 3.05) is 6.54 Å². The summed E-state index contributed by atoms with van der Waals surface area (Å²) in [5, 5.41) is 3.04. The molecular formula is C22H24N2O. The Bertz CT molecular complexity index is 835. The maximum absolute atomic E-state index is 12.5. The summed E-state index contributed by atoms with van der Waals surface area (Å²) in [6.45, 7) is 5.50. The van der Waals surface area contributed by atoms with Gasteiger partial charge in [0.25, 0.3) is 5.91 Å². The number of carbonyl (C=O) groups excluding carboxylic acids is 1. The highest BCUT2D eigenvalue weighted by molar-refractivity contribution is 5.95. The fourth-order valence-electron chi connectivity index (χ4n) is 3.10. The Hall–Kier alpha value is -2.81. The molecule has 0 aliphatic heterocycles. The summed E-state index contributed by atoms with van der Waals surface area (Å²) in [4.78, 5) is 12.5. The van der Waals surface area contributed by atoms with Gasteiger partial charge in [-0.1, -0.05) is 60.7 Å². The highest BCUT2D eigenvalue weighted by Crippen LogP contribution is 2.17. The number of aromatic nitrogens is 1. The van der Waals surface area contributed by atoms with Crippen LogP contribution in [0.5, 0.6) is 0 Å². The van der Waals surface area contributed by atoms with Gasteiger partial charge >= 0.3 is 0 Å². The van der Waals surface area contributed by atoms with E-state index in [1.54, 1.807) is 0 Å². The van der Waals surface area contributed by atoms with Crippen LogP contribution in [0.3, 0.4) is 0 Å². The first-order valence-electron chi connectivity index (χ1n) is 8.68. The summed E-state index contributed by atoms with van der Waals surface area (Å²) in [7, 11) is 0. The maximum atomic E-state index is 12.5. The van der Waals surface area contributed by atoms with Gasteiger partial charge in [-0.15, -0.1) is 0 Å². The Morgan fingerprint density at radius 2 is 1.52 bits per heavy atom. The van der Waals surface area contributed by atoms with Crippen LogP contribution in [0.4, 0.5) is 0 Å². The molecule has 3 rings (SSSR count). The molecule has 0 spiro atoms. The van der Waals surface area contributed by atoms with E-state index in [1.165, 1.54) is 11.1 Å². The van der Waals surface area contributed by atoms with Crippen molar-refractivity contribution in [1.29, 1.82) is 0 Å². The number of nitrogens with one attached hydrogen (secondary N) is 1. The summed E-state index contributed by atoms with van der Waals surface area (Å²) in [5.74, 6) is 0.00310. The molecule has 1 amide bonds. The molecule has 0 saturated carbocycles. The maximum Gasteiger partial charge on any atom is 0.253 e. The molecule has 25 heavy (non-hydrogen) atoms. The smallest absolute Gasteiger partial charge is 0.253 e. The van der Waals surface area contributed by atoms with Gasteiger partial charge < -0.3 is 9.88 Å². The zero-order chi connectivity index (χ0) is 17.6. The molecule has 3 heteroatoms. The van der Waals surface area contributed by atoms with Crippen LogP contribution in [0, 0.1) is 13.8 Å². The second kappa shape index (κ2) is 7.84. The van der Waals surface area contributed by atoms with Crippen molar-refractivity contribution in [2.24, 2.45) is 0 Å². The number of benzene rings is 2. The molecule has 0 saturated heterocycles. The van der Waals surface area contributed by atoms with E-state index in [-0.39, 0.29) is 5.91 Å². The Labute approximate surface area is 149 Å². The summed E-state index contributed by atoms with van der Waals surface area (Å²) >= 11 is 0. The molecule has 3 nitrogen and oxygen atoms in total. The standard InChI is InChI=1S/C22H24N2O/c1-17-15-21(18(2)24(17)16-20-11-7-4-8-12-20)22(25)23-14-13-19-9-5-3-6-10-19/h3-12,15H,13-14,16H2,1-2H3,(H,23,25). The third-order valence-electron chi connectivity index (χ3n) is 4.54. The second-order valence-corrected chi connectivity index (χ2v) is 6.35. The molecule has 0 atom stereocenters. The Kier molecular flexibility index (Phi) is 5.34. The molecule has 0 aliphatic carbocycles. The van der Waals surface area contributed by atoms with Crippen molar-refractivity contribution >= 4 is 5.91 Å². The van der Waals surface area contributed by atoms with Gasteiger partial charge in [0.05, 0.1) is 5.56 Å². The lowest BCUT2D eigenvalue weighted by atomic mass is 10.1. The molecule has 1 N–H and O–H groups in total. The lowest BCUT2D eigenvalue weighted by molar-refractivity contribution is 0.0953. The Morgan fingerprint density at radius 3 is 2.16 bits per heavy atom. The van der Waals surface area contributed by atoms with Crippen LogP contribution in [-0.4, -0.2) is 17.0 Å². The van der Waals surface area contributed by atoms with E-state index in [0.717, 1.165) is 29.9 Å². The number of amides is 1. The first-order valence-corrected chi connectivity index (χ1v) is 8.68. The Balaban J connectivity index is 1.66. The molecule has 0 bridgehead atoms. The minimum Gasteiger partial charge on any atom is -0.352 e. The van der Waals surface area contributed by atoms with Gasteiger partial charge in [-0.05, 0) is 37.5 Å². The van der Waals surface area contributed by atoms with Crippen molar-refractivity contribution < 1.29 is 4.79 Å². The number of aryl methyl sites for hydroxylation is 1. The number of carbonyl (C=O) groups is 1. The molecule has 2 aromatic carbocycles. The average Bonchev–Trinajstić information content (AvgIpc) is 2.92. The lowest BCUT2D eigenvalue weighted by Gasteiger charge is -2.10. The normalized spacial score (nSPS) is 10.6. The number of hydrogen-bond acceptors (Lipinski definition) is 1. The van der Waals surface area contributed by atoms with E-state index >= 15 is 0 Å². The van der Waals surface area contributed by atoms with Gasteiger partial charge in [-0.25, -0.2) is 0 Å². The predicted octanol–water partition coefficient (Wildman–Crippen LogP) is 4.13. The molecule has 0 unspecified atom stereocenters. The van der Waals surface area contributed by atoms with Crippen molar-refractivity contribution in [2.45, 2.75) is 26.8 Å². The van der Waals surface area contributed by atoms with Crippen molar-refractivity contribution in [3.8, 4) is 0 Å². The van der Waals surface area contributed by atoms with Crippen molar-refractivity contribution in [3.63, 3.8) is 0 Å². The van der Waals surface area contributed by atoms with Crippen LogP contribution in [0.2, 0.25) is 0 Å². The van der Waals surface area contributed by atoms with E-state index in [9.17, 15) is 4.79 Å². The van der Waals surface area contributed by atoms with Crippen molar-refractivity contribution in [3.05, 3.63) is 94.8 Å². The first kappa shape index (κ1) is 17.0. The molecule has 0 aliphatic rings. The summed E-state index contributed by atoms with van der Waals surface area (Å²) < 4.78 is 2.20. The zero-order valence-electron chi connectivity index (χ0n) is 14.8. The van der Waals surface area contributed by atoms with Crippen LogP contribution >= 0.6 is 0 Å². The van der Waals surface area contributed by atoms with E-state index in [2.05, 4.69) is 41.1 Å². The van der Waals surface area contributed by atoms with E-state index < -0.39 is 0 Å². The number of rotatable bonds is 6. The summed E-state index contributed by atoms with van der Waals surface area (Å²) in [6, 6.07) is 22.5. The molecule has 1 heterocycles. The predicted molar refractivity (Wildman–Crippen MR) is 102 cm³/mol. The quantitative estimate of drug-likeness (QED) is 0.724. The van der Waals surface area contributed by atoms with Gasteiger partial charge in [0, 0.05) is 24.5 Å². The Morgan fingerprint density at radius 1 is 0.920 bits per heavy atom. The van der Waals surface area contributed by atoms with Crippen LogP contribution in [0.15, 0.2) is 66.7 Å². The van der Waals surface area contributed by atoms with Crippen LogP contribution in [0.1, 0.15) is 32.9 Å². The molecule has 0 fully saturated rings. The van der Waals surface area contributed by atoms with Gasteiger partial charge in [0.2, 0.25) is 0 Å². The number of hydrogen-bond donors (Lipinski definition) is 1. The van der Waals surface area contributed by atoms with E-state index in [0.29, 0.717) is 6.54 Å². The molecule has 1 aromatic heterocycles. The first-order chi connectivity index (χ1) is 12.1. The highest BCUT2D eigenvalue weighted by atomic mass is 16.1. The SMILES string of the molecule is Cc1cc(C(=O)NCCc2ccccc2)c(C)n1Cc1ccccc1. The highest BCUT2D eigenvalue weighted by Gasteiger charge is 2.15. The second-order valence-electron chi connectivity index (χ2n) is 6.35. The lowest BCUT2D eigenvalue weighted by Crippen LogP contribution is -2.26. The van der Waals surface area contributed by atoms with Crippen LogP contribution in [0.25, 0.3) is 0 Å². The zero-order valence-corrected chi connectivity index (χ0v) is 14.8. The van der Waals surface area contributed by atoms with E-state index in [4.69, 9.17) is 0 Å². The monoisotopic (exact) mass is 332 g/mol. The van der Waals surface area contributed by atoms with Crippen molar-refractivity contribution in [1.82, 2.24) is 9.88 Å². The minimum atomic E-state index is 0.00310.